The Labute approximate surface area is 194 Å². The maximum atomic E-state index is 12.6. The number of amides is 1. The third kappa shape index (κ3) is 6.38. The summed E-state index contributed by atoms with van der Waals surface area (Å²) in [7, 11) is 0. The number of aryl methyl sites for hydroxylation is 1. The Kier molecular flexibility index (Phi) is 7.92. The number of alkyl halides is 2. The number of nitrogens with one attached hydrogen (secondary N) is 1. The Balaban J connectivity index is 1.57. The first-order valence-corrected chi connectivity index (χ1v) is 10.2. The normalized spacial score (nSPS) is 11.0. The second-order valence-corrected chi connectivity index (χ2v) is 7.24. The predicted molar refractivity (Wildman–Crippen MR) is 121 cm³/mol. The van der Waals surface area contributed by atoms with Gasteiger partial charge in [0.25, 0.3) is 5.91 Å². The molecule has 176 valence electrons. The number of carbonyl (C=O) groups excluding carboxylic acids is 3. The highest BCUT2D eigenvalue weighted by Gasteiger charge is 2.18. The van der Waals surface area contributed by atoms with Gasteiger partial charge in [-0.25, -0.2) is 4.79 Å². The average Bonchev–Trinajstić information content (AvgIpc) is 3.10. The molecule has 0 saturated heterocycles. The summed E-state index contributed by atoms with van der Waals surface area (Å²) < 4.78 is 35.1. The molecular weight excluding hydrogens is 446 g/mol. The molecule has 1 aromatic heterocycles. The Morgan fingerprint density at radius 3 is 2.35 bits per heavy atom. The fourth-order valence-corrected chi connectivity index (χ4v) is 3.16. The van der Waals surface area contributed by atoms with Crippen LogP contribution in [0, 0.1) is 13.8 Å². The van der Waals surface area contributed by atoms with Crippen LogP contribution in [0.4, 0.5) is 8.78 Å². The van der Waals surface area contributed by atoms with E-state index in [2.05, 4.69) is 10.2 Å². The summed E-state index contributed by atoms with van der Waals surface area (Å²) in [5.74, 6) is -1.50. The molecule has 7 nitrogen and oxygen atoms in total. The molecule has 1 amide bonds. The smallest absolute Gasteiger partial charge is 0.387 e. The van der Waals surface area contributed by atoms with Crippen LogP contribution in [-0.2, 0) is 9.53 Å². The lowest BCUT2D eigenvalue weighted by atomic mass is 10.1. The minimum atomic E-state index is -2.92. The van der Waals surface area contributed by atoms with E-state index in [0.29, 0.717) is 28.1 Å². The van der Waals surface area contributed by atoms with E-state index in [-0.39, 0.29) is 11.7 Å². The summed E-state index contributed by atoms with van der Waals surface area (Å²) in [6.07, 6.45) is 2.55. The number of aromatic nitrogens is 1. The Bertz CT molecular complexity index is 1200. The van der Waals surface area contributed by atoms with Gasteiger partial charge in [0, 0.05) is 28.6 Å². The highest BCUT2D eigenvalue weighted by molar-refractivity contribution is 6.02. The Morgan fingerprint density at radius 1 is 1.03 bits per heavy atom. The predicted octanol–water partition coefficient (Wildman–Crippen LogP) is 4.53. The fourth-order valence-electron chi connectivity index (χ4n) is 3.16. The first kappa shape index (κ1) is 24.4. The van der Waals surface area contributed by atoms with E-state index in [1.165, 1.54) is 35.0 Å². The van der Waals surface area contributed by atoms with Gasteiger partial charge in [-0.3, -0.25) is 19.7 Å². The summed E-state index contributed by atoms with van der Waals surface area (Å²) in [6, 6.07) is 15.9. The van der Waals surface area contributed by atoms with E-state index < -0.39 is 25.0 Å². The van der Waals surface area contributed by atoms with Gasteiger partial charge in [0.05, 0.1) is 0 Å². The van der Waals surface area contributed by atoms with E-state index in [1.54, 1.807) is 50.2 Å². The van der Waals surface area contributed by atoms with Crippen molar-refractivity contribution in [3.63, 3.8) is 0 Å². The van der Waals surface area contributed by atoms with Crippen LogP contribution in [0.1, 0.15) is 37.7 Å². The van der Waals surface area contributed by atoms with E-state index in [9.17, 15) is 23.2 Å². The van der Waals surface area contributed by atoms with Gasteiger partial charge in [-0.05, 0) is 55.8 Å². The van der Waals surface area contributed by atoms with Gasteiger partial charge in [-0.2, -0.15) is 8.78 Å². The molecule has 0 atom stereocenters. The number of hydrogen-bond donors (Lipinski definition) is 1. The molecule has 1 N–H and O–H groups in total. The van der Waals surface area contributed by atoms with Gasteiger partial charge in [0.15, 0.2) is 6.61 Å². The molecule has 0 unspecified atom stereocenters. The third-order valence-corrected chi connectivity index (χ3v) is 4.84. The Hall–Kier alpha value is -4.27. The molecule has 0 bridgehead atoms. The zero-order valence-corrected chi connectivity index (χ0v) is 18.5. The number of benzene rings is 2. The van der Waals surface area contributed by atoms with Crippen LogP contribution in [0.25, 0.3) is 6.08 Å². The second-order valence-electron chi connectivity index (χ2n) is 7.24. The van der Waals surface area contributed by atoms with Crippen LogP contribution in [0.15, 0.2) is 66.7 Å². The number of rotatable bonds is 9. The van der Waals surface area contributed by atoms with Gasteiger partial charge in [-0.15, -0.1) is 0 Å². The molecule has 0 aliphatic carbocycles. The van der Waals surface area contributed by atoms with Crippen LogP contribution >= 0.6 is 0 Å². The molecule has 0 spiro atoms. The van der Waals surface area contributed by atoms with Crippen LogP contribution in [0.5, 0.6) is 5.75 Å². The van der Waals surface area contributed by atoms with Crippen molar-refractivity contribution < 1.29 is 32.6 Å². The molecule has 0 saturated carbocycles. The number of carbonyl (C=O) groups is 3. The SMILES string of the molecule is Cc1cc(C(=O)COC(=O)/C=C/c2ccc(OC(F)F)cc2)c(C)n1NC(=O)c1ccccc1. The number of Topliss-reactive ketones (excluding diaryl/α,β-unsaturated/α-hetero) is 1. The summed E-state index contributed by atoms with van der Waals surface area (Å²) >= 11 is 0. The molecule has 1 heterocycles. The monoisotopic (exact) mass is 468 g/mol. The van der Waals surface area contributed by atoms with Gasteiger partial charge < -0.3 is 9.47 Å². The van der Waals surface area contributed by atoms with Crippen molar-refractivity contribution in [3.8, 4) is 5.75 Å². The minimum absolute atomic E-state index is 0.00196. The average molecular weight is 468 g/mol. The molecular formula is C25H22F2N2O5. The fraction of sp³-hybridized carbons (Fsp3) is 0.160. The van der Waals surface area contributed by atoms with Crippen LogP contribution in [0.3, 0.4) is 0 Å². The number of hydrogen-bond acceptors (Lipinski definition) is 5. The van der Waals surface area contributed by atoms with Crippen molar-refractivity contribution in [3.05, 3.63) is 94.8 Å². The van der Waals surface area contributed by atoms with Gasteiger partial charge in [0.1, 0.15) is 5.75 Å². The number of esters is 1. The third-order valence-electron chi connectivity index (χ3n) is 4.84. The van der Waals surface area contributed by atoms with Crippen LogP contribution < -0.4 is 10.2 Å². The largest absolute Gasteiger partial charge is 0.454 e. The van der Waals surface area contributed by atoms with E-state index in [4.69, 9.17) is 4.74 Å². The number of nitrogens with zero attached hydrogens (tertiary/aromatic N) is 1. The van der Waals surface area contributed by atoms with Gasteiger partial charge in [-0.1, -0.05) is 30.3 Å². The summed E-state index contributed by atoms with van der Waals surface area (Å²) in [5.41, 5.74) is 5.23. The van der Waals surface area contributed by atoms with Crippen molar-refractivity contribution >= 4 is 23.7 Å². The second kappa shape index (κ2) is 11.0. The van der Waals surface area contributed by atoms with E-state index in [1.807, 2.05) is 0 Å². The molecule has 0 radical (unpaired) electrons. The lowest BCUT2D eigenvalue weighted by Gasteiger charge is -2.11. The van der Waals surface area contributed by atoms with Crippen molar-refractivity contribution in [2.75, 3.05) is 12.0 Å². The Morgan fingerprint density at radius 2 is 1.71 bits per heavy atom. The molecule has 0 aliphatic rings. The van der Waals surface area contributed by atoms with Crippen LogP contribution in [-0.4, -0.2) is 35.6 Å². The lowest BCUT2D eigenvalue weighted by molar-refractivity contribution is -0.136. The zero-order valence-electron chi connectivity index (χ0n) is 18.5. The molecule has 3 aromatic rings. The van der Waals surface area contributed by atoms with E-state index in [0.717, 1.165) is 6.08 Å². The lowest BCUT2D eigenvalue weighted by Crippen LogP contribution is -2.25. The minimum Gasteiger partial charge on any atom is -0.454 e. The summed E-state index contributed by atoms with van der Waals surface area (Å²) in [5, 5.41) is 0. The molecule has 34 heavy (non-hydrogen) atoms. The molecule has 9 heteroatoms. The van der Waals surface area contributed by atoms with E-state index >= 15 is 0 Å². The first-order valence-electron chi connectivity index (χ1n) is 10.2. The first-order chi connectivity index (χ1) is 16.2. The molecule has 0 fully saturated rings. The highest BCUT2D eigenvalue weighted by Crippen LogP contribution is 2.17. The zero-order chi connectivity index (χ0) is 24.7. The topological polar surface area (TPSA) is 86.6 Å². The molecule has 0 aliphatic heterocycles. The molecule has 2 aromatic carbocycles. The van der Waals surface area contributed by atoms with Gasteiger partial charge >= 0.3 is 12.6 Å². The number of ether oxygens (including phenoxy) is 2. The van der Waals surface area contributed by atoms with Crippen molar-refractivity contribution in [1.82, 2.24) is 4.68 Å². The summed E-state index contributed by atoms with van der Waals surface area (Å²) in [6.45, 7) is 0.00973. The van der Waals surface area contributed by atoms with Gasteiger partial charge in [0.2, 0.25) is 5.78 Å². The van der Waals surface area contributed by atoms with Crippen LogP contribution in [0.2, 0.25) is 0 Å². The maximum Gasteiger partial charge on any atom is 0.387 e. The highest BCUT2D eigenvalue weighted by atomic mass is 19.3. The number of halogens is 2. The molecule has 3 rings (SSSR count). The van der Waals surface area contributed by atoms with Crippen molar-refractivity contribution in [2.24, 2.45) is 0 Å². The number of ketones is 1. The van der Waals surface area contributed by atoms with Crippen molar-refractivity contribution in [1.29, 1.82) is 0 Å². The van der Waals surface area contributed by atoms with Crippen molar-refractivity contribution in [2.45, 2.75) is 20.5 Å². The maximum absolute atomic E-state index is 12.6. The quantitative estimate of drug-likeness (QED) is 0.283. The summed E-state index contributed by atoms with van der Waals surface area (Å²) in [4.78, 5) is 37.0. The standard InChI is InChI=1S/C25H22F2N2O5/c1-16-14-21(17(2)29(16)28-24(32)19-6-4-3-5-7-19)22(30)15-33-23(31)13-10-18-8-11-20(12-9-18)34-25(26)27/h3-14,25H,15H2,1-2H3,(H,28,32)/b13-10+.